The summed E-state index contributed by atoms with van der Waals surface area (Å²) in [7, 11) is 1.60. The Morgan fingerprint density at radius 3 is 2.89 bits per heavy atom. The number of anilines is 1. The first-order valence-electron chi connectivity index (χ1n) is 5.68. The van der Waals surface area contributed by atoms with Crippen LogP contribution in [0, 0.1) is 0 Å². The molecule has 0 aliphatic heterocycles. The Kier molecular flexibility index (Phi) is 5.13. The van der Waals surface area contributed by atoms with E-state index in [1.807, 2.05) is 24.3 Å². The topological polar surface area (TPSA) is 47.0 Å². The number of methoxy groups -OCH3 is 1. The van der Waals surface area contributed by atoms with Gasteiger partial charge in [-0.25, -0.2) is 9.97 Å². The molecule has 1 aromatic heterocycles. The lowest BCUT2D eigenvalue weighted by atomic mass is 10.2. The summed E-state index contributed by atoms with van der Waals surface area (Å²) in [6.07, 6.45) is 0. The number of halogens is 2. The Labute approximate surface area is 125 Å². The molecule has 19 heavy (non-hydrogen) atoms. The predicted octanol–water partition coefficient (Wildman–Crippen LogP) is 3.65. The number of hydrogen-bond acceptors (Lipinski definition) is 4. The fourth-order valence-corrected chi connectivity index (χ4v) is 2.24. The number of nitrogens with one attached hydrogen (secondary N) is 1. The summed E-state index contributed by atoms with van der Waals surface area (Å²) in [6, 6.07) is 9.76. The number of benzene rings is 1. The third-order valence-corrected chi connectivity index (χ3v) is 3.06. The van der Waals surface area contributed by atoms with E-state index in [4.69, 9.17) is 16.3 Å². The minimum absolute atomic E-state index is 0.339. The maximum Gasteiger partial charge on any atom is 0.158 e. The highest BCUT2D eigenvalue weighted by atomic mass is 79.9. The van der Waals surface area contributed by atoms with Gasteiger partial charge in [0, 0.05) is 24.2 Å². The molecule has 0 spiro atoms. The van der Waals surface area contributed by atoms with Crippen LogP contribution in [0.2, 0.25) is 5.15 Å². The predicted molar refractivity (Wildman–Crippen MR) is 79.2 cm³/mol. The van der Waals surface area contributed by atoms with Crippen molar-refractivity contribution in [3.8, 4) is 0 Å². The van der Waals surface area contributed by atoms with Gasteiger partial charge in [-0.2, -0.15) is 0 Å². The lowest BCUT2D eigenvalue weighted by molar-refractivity contribution is 0.178. The van der Waals surface area contributed by atoms with Crippen molar-refractivity contribution in [2.45, 2.75) is 13.2 Å². The van der Waals surface area contributed by atoms with E-state index in [9.17, 15) is 0 Å². The average molecular weight is 343 g/mol. The summed E-state index contributed by atoms with van der Waals surface area (Å²) in [5, 5.41) is 3.62. The van der Waals surface area contributed by atoms with E-state index in [0.29, 0.717) is 29.9 Å². The lowest BCUT2D eigenvalue weighted by Crippen LogP contribution is -2.05. The largest absolute Gasteiger partial charge is 0.377 e. The molecule has 1 heterocycles. The number of aromatic nitrogens is 2. The van der Waals surface area contributed by atoms with Crippen LogP contribution >= 0.6 is 27.5 Å². The molecule has 0 radical (unpaired) electrons. The van der Waals surface area contributed by atoms with Gasteiger partial charge >= 0.3 is 0 Å². The molecule has 0 aliphatic rings. The van der Waals surface area contributed by atoms with Gasteiger partial charge in [-0.3, -0.25) is 0 Å². The van der Waals surface area contributed by atoms with Crippen LogP contribution in [0.5, 0.6) is 0 Å². The fraction of sp³-hybridized carbons (Fsp3) is 0.231. The first-order chi connectivity index (χ1) is 9.17. The van der Waals surface area contributed by atoms with E-state index in [1.165, 1.54) is 0 Å². The summed E-state index contributed by atoms with van der Waals surface area (Å²) in [5.41, 5.74) is 1.15. The van der Waals surface area contributed by atoms with Gasteiger partial charge in [0.05, 0.1) is 0 Å². The molecule has 4 nitrogen and oxygen atoms in total. The zero-order chi connectivity index (χ0) is 13.7. The van der Waals surface area contributed by atoms with Gasteiger partial charge in [0.25, 0.3) is 0 Å². The van der Waals surface area contributed by atoms with E-state index < -0.39 is 0 Å². The molecule has 0 saturated carbocycles. The smallest absolute Gasteiger partial charge is 0.158 e. The van der Waals surface area contributed by atoms with Crippen LogP contribution in [0.1, 0.15) is 11.4 Å². The summed E-state index contributed by atoms with van der Waals surface area (Å²) in [6.45, 7) is 1.01. The second-order valence-corrected chi connectivity index (χ2v) is 5.21. The highest BCUT2D eigenvalue weighted by molar-refractivity contribution is 9.10. The summed E-state index contributed by atoms with van der Waals surface area (Å²) in [4.78, 5) is 8.39. The summed E-state index contributed by atoms with van der Waals surface area (Å²) >= 11 is 9.38. The number of ether oxygens (including phenoxy) is 1. The van der Waals surface area contributed by atoms with Crippen molar-refractivity contribution in [3.63, 3.8) is 0 Å². The minimum atomic E-state index is 0.339. The Morgan fingerprint density at radius 1 is 1.32 bits per heavy atom. The molecule has 0 fully saturated rings. The van der Waals surface area contributed by atoms with Crippen molar-refractivity contribution in [1.29, 1.82) is 0 Å². The Bertz CT molecular complexity index is 565. The second-order valence-electron chi connectivity index (χ2n) is 3.91. The Balaban J connectivity index is 2.06. The Morgan fingerprint density at radius 2 is 2.16 bits per heavy atom. The molecule has 0 saturated heterocycles. The van der Waals surface area contributed by atoms with E-state index in [0.717, 1.165) is 10.0 Å². The van der Waals surface area contributed by atoms with E-state index in [2.05, 4.69) is 31.2 Å². The van der Waals surface area contributed by atoms with Crippen molar-refractivity contribution in [2.75, 3.05) is 12.4 Å². The zero-order valence-corrected chi connectivity index (χ0v) is 12.7. The molecule has 0 unspecified atom stereocenters. The molecule has 6 heteroatoms. The quantitative estimate of drug-likeness (QED) is 0.843. The number of hydrogen-bond donors (Lipinski definition) is 1. The minimum Gasteiger partial charge on any atom is -0.377 e. The SMILES string of the molecule is COCc1nc(Cl)cc(NCc2cccc(Br)c2)n1. The van der Waals surface area contributed by atoms with Crippen molar-refractivity contribution in [1.82, 2.24) is 9.97 Å². The van der Waals surface area contributed by atoms with Crippen LogP contribution in [0.3, 0.4) is 0 Å². The highest BCUT2D eigenvalue weighted by Gasteiger charge is 2.03. The fourth-order valence-electron chi connectivity index (χ4n) is 1.59. The highest BCUT2D eigenvalue weighted by Crippen LogP contribution is 2.15. The molecule has 0 atom stereocenters. The Hall–Kier alpha value is -1.17. The third kappa shape index (κ3) is 4.45. The first kappa shape index (κ1) is 14.2. The van der Waals surface area contributed by atoms with E-state index >= 15 is 0 Å². The molecule has 1 aromatic carbocycles. The van der Waals surface area contributed by atoms with Gasteiger partial charge in [-0.05, 0) is 17.7 Å². The van der Waals surface area contributed by atoms with Crippen LogP contribution in [-0.4, -0.2) is 17.1 Å². The van der Waals surface area contributed by atoms with Gasteiger partial charge in [0.1, 0.15) is 17.6 Å². The molecule has 2 aromatic rings. The van der Waals surface area contributed by atoms with Gasteiger partial charge in [0.15, 0.2) is 5.82 Å². The molecule has 0 amide bonds. The maximum absolute atomic E-state index is 5.94. The monoisotopic (exact) mass is 341 g/mol. The van der Waals surface area contributed by atoms with E-state index in [-0.39, 0.29) is 0 Å². The molecule has 1 N–H and O–H groups in total. The molecular weight excluding hydrogens is 330 g/mol. The van der Waals surface area contributed by atoms with E-state index in [1.54, 1.807) is 13.2 Å². The van der Waals surface area contributed by atoms with Gasteiger partial charge in [0.2, 0.25) is 0 Å². The number of nitrogens with zero attached hydrogens (tertiary/aromatic N) is 2. The molecule has 2 rings (SSSR count). The zero-order valence-electron chi connectivity index (χ0n) is 10.4. The average Bonchev–Trinajstić information content (AvgIpc) is 2.36. The second kappa shape index (κ2) is 6.84. The van der Waals surface area contributed by atoms with Crippen molar-refractivity contribution in [2.24, 2.45) is 0 Å². The molecular formula is C13H13BrClN3O. The van der Waals surface area contributed by atoms with Crippen LogP contribution in [0.15, 0.2) is 34.8 Å². The number of rotatable bonds is 5. The summed E-state index contributed by atoms with van der Waals surface area (Å²) in [5.74, 6) is 1.25. The maximum atomic E-state index is 5.94. The van der Waals surface area contributed by atoms with Gasteiger partial charge in [-0.1, -0.05) is 39.7 Å². The van der Waals surface area contributed by atoms with Crippen LogP contribution in [-0.2, 0) is 17.9 Å². The lowest BCUT2D eigenvalue weighted by Gasteiger charge is -2.08. The first-order valence-corrected chi connectivity index (χ1v) is 6.85. The third-order valence-electron chi connectivity index (χ3n) is 2.38. The van der Waals surface area contributed by atoms with Gasteiger partial charge < -0.3 is 10.1 Å². The van der Waals surface area contributed by atoms with Gasteiger partial charge in [-0.15, -0.1) is 0 Å². The van der Waals surface area contributed by atoms with Crippen molar-refractivity contribution in [3.05, 3.63) is 51.3 Å². The summed E-state index contributed by atoms with van der Waals surface area (Å²) < 4.78 is 6.05. The van der Waals surface area contributed by atoms with Crippen molar-refractivity contribution >= 4 is 33.3 Å². The molecule has 100 valence electrons. The van der Waals surface area contributed by atoms with Crippen LogP contribution in [0.4, 0.5) is 5.82 Å². The van der Waals surface area contributed by atoms with Crippen molar-refractivity contribution < 1.29 is 4.74 Å². The standard InChI is InChI=1S/C13H13BrClN3O/c1-19-8-13-17-11(15)6-12(18-13)16-7-9-3-2-4-10(14)5-9/h2-6H,7-8H2,1H3,(H,16,17,18). The molecule has 0 bridgehead atoms. The molecule has 0 aliphatic carbocycles. The van der Waals surface area contributed by atoms with Crippen LogP contribution < -0.4 is 5.32 Å². The van der Waals surface area contributed by atoms with Crippen LogP contribution in [0.25, 0.3) is 0 Å². The normalized spacial score (nSPS) is 10.5.